The predicted octanol–water partition coefficient (Wildman–Crippen LogP) is 4.03. The Morgan fingerprint density at radius 2 is 1.74 bits per heavy atom. The first-order chi connectivity index (χ1) is 11.3. The molecule has 1 saturated heterocycles. The van der Waals surface area contributed by atoms with E-state index < -0.39 is 0 Å². The average Bonchev–Trinajstić information content (AvgIpc) is 2.63. The number of terminal acetylenes is 1. The summed E-state index contributed by atoms with van der Waals surface area (Å²) in [4.78, 5) is 15.1. The molecular formula is C21H27NO. The van der Waals surface area contributed by atoms with E-state index in [0.717, 1.165) is 31.5 Å². The molecule has 2 heteroatoms. The van der Waals surface area contributed by atoms with Gasteiger partial charge in [0.2, 0.25) is 5.91 Å². The summed E-state index contributed by atoms with van der Waals surface area (Å²) in [6.07, 6.45) is 14.8. The zero-order chi connectivity index (χ0) is 16.1. The van der Waals surface area contributed by atoms with Crippen LogP contribution < -0.4 is 0 Å². The largest absolute Gasteiger partial charge is 0.342 e. The number of amides is 1. The van der Waals surface area contributed by atoms with Crippen LogP contribution in [0.3, 0.4) is 0 Å². The minimum absolute atomic E-state index is 0.231. The minimum Gasteiger partial charge on any atom is -0.342 e. The fourth-order valence-electron chi connectivity index (χ4n) is 4.17. The summed E-state index contributed by atoms with van der Waals surface area (Å²) in [5, 5.41) is 0. The summed E-state index contributed by atoms with van der Waals surface area (Å²) >= 11 is 0. The van der Waals surface area contributed by atoms with E-state index in [1.165, 1.54) is 44.1 Å². The molecule has 0 aromatic heterocycles. The van der Waals surface area contributed by atoms with E-state index in [0.29, 0.717) is 11.8 Å². The number of carbonyl (C=O) groups excluding carboxylic acids is 1. The normalized spacial score (nSPS) is 24.9. The van der Waals surface area contributed by atoms with Crippen molar-refractivity contribution in [3.8, 4) is 12.3 Å². The zero-order valence-corrected chi connectivity index (χ0v) is 14.0. The van der Waals surface area contributed by atoms with Crippen molar-refractivity contribution in [1.29, 1.82) is 0 Å². The minimum atomic E-state index is 0.231. The lowest BCUT2D eigenvalue weighted by molar-refractivity contribution is -0.139. The highest BCUT2D eigenvalue weighted by Gasteiger charge is 2.33. The topological polar surface area (TPSA) is 20.3 Å². The number of benzene rings is 1. The number of hydrogen-bond donors (Lipinski definition) is 0. The second-order valence-corrected chi connectivity index (χ2v) is 7.08. The van der Waals surface area contributed by atoms with Gasteiger partial charge in [0.15, 0.2) is 0 Å². The maximum atomic E-state index is 13.0. The van der Waals surface area contributed by atoms with Crippen LogP contribution in [0.1, 0.15) is 56.1 Å². The summed E-state index contributed by atoms with van der Waals surface area (Å²) in [5.41, 5.74) is 2.24. The molecule has 0 radical (unpaired) electrons. The lowest BCUT2D eigenvalue weighted by Gasteiger charge is -2.36. The van der Waals surface area contributed by atoms with Gasteiger partial charge in [-0.15, -0.1) is 6.42 Å². The van der Waals surface area contributed by atoms with Gasteiger partial charge in [-0.05, 0) is 62.1 Å². The number of nitrogens with zero attached hydrogens (tertiary/aromatic N) is 1. The molecule has 122 valence electrons. The van der Waals surface area contributed by atoms with Crippen LogP contribution in [0, 0.1) is 24.2 Å². The second-order valence-electron chi connectivity index (χ2n) is 7.08. The molecular weight excluding hydrogens is 282 g/mol. The van der Waals surface area contributed by atoms with Crippen LogP contribution in [0.4, 0.5) is 0 Å². The molecule has 0 N–H and O–H groups in total. The summed E-state index contributed by atoms with van der Waals surface area (Å²) < 4.78 is 0. The van der Waals surface area contributed by atoms with Gasteiger partial charge in [0.1, 0.15) is 0 Å². The molecule has 3 rings (SSSR count). The van der Waals surface area contributed by atoms with Crippen LogP contribution in [0.2, 0.25) is 0 Å². The van der Waals surface area contributed by atoms with E-state index in [-0.39, 0.29) is 5.92 Å². The Labute approximate surface area is 140 Å². The Morgan fingerprint density at radius 3 is 2.43 bits per heavy atom. The number of likely N-dealkylation sites (tertiary alicyclic amines) is 1. The number of hydrogen-bond acceptors (Lipinski definition) is 1. The number of piperidine rings is 1. The third-order valence-corrected chi connectivity index (χ3v) is 5.51. The van der Waals surface area contributed by atoms with Crippen LogP contribution in [0.5, 0.6) is 0 Å². The Hall–Kier alpha value is -1.75. The third kappa shape index (κ3) is 3.96. The van der Waals surface area contributed by atoms with Gasteiger partial charge < -0.3 is 4.90 Å². The van der Waals surface area contributed by atoms with Crippen molar-refractivity contribution >= 4 is 5.91 Å². The molecule has 2 nitrogen and oxygen atoms in total. The van der Waals surface area contributed by atoms with Gasteiger partial charge in [-0.3, -0.25) is 4.79 Å². The van der Waals surface area contributed by atoms with Crippen LogP contribution in [0.15, 0.2) is 24.3 Å². The summed E-state index contributed by atoms with van der Waals surface area (Å²) in [6.45, 7) is 1.94. The van der Waals surface area contributed by atoms with Gasteiger partial charge in [-0.25, -0.2) is 0 Å². The van der Waals surface area contributed by atoms with E-state index >= 15 is 0 Å². The van der Waals surface area contributed by atoms with Crippen molar-refractivity contribution in [3.05, 3.63) is 35.4 Å². The van der Waals surface area contributed by atoms with Crippen molar-refractivity contribution in [2.24, 2.45) is 11.8 Å². The smallest absolute Gasteiger partial charge is 0.225 e. The molecule has 0 spiro atoms. The molecule has 2 fully saturated rings. The quantitative estimate of drug-likeness (QED) is 0.772. The highest BCUT2D eigenvalue weighted by atomic mass is 16.2. The van der Waals surface area contributed by atoms with E-state index in [1.54, 1.807) is 0 Å². The third-order valence-electron chi connectivity index (χ3n) is 5.51. The molecule has 1 aromatic carbocycles. The lowest BCUT2D eigenvalue weighted by atomic mass is 9.75. The molecule has 1 aliphatic carbocycles. The number of rotatable bonds is 3. The summed E-state index contributed by atoms with van der Waals surface area (Å²) in [6, 6.07) is 8.29. The standard InChI is InChI=1S/C21H27NO/c1-2-17-10-12-18(13-11-17)16-19-8-4-5-9-20(19)21(23)22-14-6-3-7-15-22/h1,10-13,19-20H,3-9,14-16H2/t19?,20-/m1/s1. The molecule has 1 aromatic rings. The van der Waals surface area contributed by atoms with E-state index in [9.17, 15) is 4.79 Å². The Kier molecular flexibility index (Phi) is 5.39. The first-order valence-electron chi connectivity index (χ1n) is 9.12. The van der Waals surface area contributed by atoms with Crippen molar-refractivity contribution in [2.75, 3.05) is 13.1 Å². The van der Waals surface area contributed by atoms with E-state index in [4.69, 9.17) is 6.42 Å². The highest BCUT2D eigenvalue weighted by molar-refractivity contribution is 5.79. The van der Waals surface area contributed by atoms with Crippen LogP contribution in [0.25, 0.3) is 0 Å². The van der Waals surface area contributed by atoms with Gasteiger partial charge in [0, 0.05) is 24.6 Å². The van der Waals surface area contributed by atoms with Crippen molar-refractivity contribution in [1.82, 2.24) is 4.90 Å². The fraction of sp³-hybridized carbons (Fsp3) is 0.571. The van der Waals surface area contributed by atoms with Crippen molar-refractivity contribution in [2.45, 2.75) is 51.4 Å². The first kappa shape index (κ1) is 16.1. The Balaban J connectivity index is 1.67. The van der Waals surface area contributed by atoms with Crippen molar-refractivity contribution < 1.29 is 4.79 Å². The van der Waals surface area contributed by atoms with Gasteiger partial charge in [0.05, 0.1) is 0 Å². The van der Waals surface area contributed by atoms with Gasteiger partial charge >= 0.3 is 0 Å². The van der Waals surface area contributed by atoms with E-state index in [2.05, 4.69) is 23.0 Å². The predicted molar refractivity (Wildman–Crippen MR) is 94.0 cm³/mol. The Bertz CT molecular complexity index is 562. The SMILES string of the molecule is C#Cc1ccc(CC2CCCC[C@H]2C(=O)N2CCCCC2)cc1. The molecule has 1 amide bonds. The molecule has 2 atom stereocenters. The lowest BCUT2D eigenvalue weighted by Crippen LogP contribution is -2.43. The zero-order valence-electron chi connectivity index (χ0n) is 14.0. The van der Waals surface area contributed by atoms with Gasteiger partial charge in [-0.2, -0.15) is 0 Å². The van der Waals surface area contributed by atoms with Crippen molar-refractivity contribution in [3.63, 3.8) is 0 Å². The molecule has 1 saturated carbocycles. The van der Waals surface area contributed by atoms with Gasteiger partial charge in [0.25, 0.3) is 0 Å². The van der Waals surface area contributed by atoms with Gasteiger partial charge in [-0.1, -0.05) is 30.9 Å². The molecule has 1 aliphatic heterocycles. The fourth-order valence-corrected chi connectivity index (χ4v) is 4.17. The second kappa shape index (κ2) is 7.68. The molecule has 1 unspecified atom stereocenters. The average molecular weight is 309 g/mol. The summed E-state index contributed by atoms with van der Waals surface area (Å²) in [7, 11) is 0. The highest BCUT2D eigenvalue weighted by Crippen LogP contribution is 2.34. The first-order valence-corrected chi connectivity index (χ1v) is 9.12. The molecule has 2 aliphatic rings. The van der Waals surface area contributed by atoms with Crippen LogP contribution in [-0.4, -0.2) is 23.9 Å². The Morgan fingerprint density at radius 1 is 1.04 bits per heavy atom. The molecule has 1 heterocycles. The number of carbonyl (C=O) groups is 1. The van der Waals surface area contributed by atoms with Crippen LogP contribution in [-0.2, 0) is 11.2 Å². The monoisotopic (exact) mass is 309 g/mol. The molecule has 23 heavy (non-hydrogen) atoms. The maximum Gasteiger partial charge on any atom is 0.225 e. The van der Waals surface area contributed by atoms with Crippen LogP contribution >= 0.6 is 0 Å². The molecule has 0 bridgehead atoms. The maximum absolute atomic E-state index is 13.0. The summed E-state index contributed by atoms with van der Waals surface area (Å²) in [5.74, 6) is 3.82. The van der Waals surface area contributed by atoms with E-state index in [1.807, 2.05) is 12.1 Å².